The Kier molecular flexibility index (Phi) is 5.84. The van der Waals surface area contributed by atoms with Crippen molar-refractivity contribution < 1.29 is 14.6 Å². The molecule has 2 aromatic rings. The van der Waals surface area contributed by atoms with E-state index in [0.717, 1.165) is 16.9 Å². The minimum Gasteiger partial charge on any atom is -0.494 e. The van der Waals surface area contributed by atoms with Gasteiger partial charge in [0.2, 0.25) is 0 Å². The highest BCUT2D eigenvalue weighted by Gasteiger charge is 2.19. The molecule has 0 heterocycles. The molecule has 0 aromatic heterocycles. The number of benzene rings is 2. The highest BCUT2D eigenvalue weighted by atomic mass is 35.5. The lowest BCUT2D eigenvalue weighted by Crippen LogP contribution is -2.13. The van der Waals surface area contributed by atoms with Crippen molar-refractivity contribution in [3.05, 3.63) is 64.7 Å². The molecule has 3 nitrogen and oxygen atoms in total. The Morgan fingerprint density at radius 2 is 1.95 bits per heavy atom. The molecular weight excluding hydrogens is 300 g/mol. The molecule has 0 aliphatic heterocycles. The summed E-state index contributed by atoms with van der Waals surface area (Å²) in [5, 5.41) is 9.98. The first-order chi connectivity index (χ1) is 10.6. The molecule has 22 heavy (non-hydrogen) atoms. The fourth-order valence-corrected chi connectivity index (χ4v) is 2.44. The zero-order chi connectivity index (χ0) is 15.9. The lowest BCUT2D eigenvalue weighted by molar-refractivity contribution is -0.139. The smallest absolute Gasteiger partial charge is 0.310 e. The van der Waals surface area contributed by atoms with E-state index >= 15 is 0 Å². The number of carboxylic acid groups (broad SMARTS) is 1. The highest BCUT2D eigenvalue weighted by molar-refractivity contribution is 6.30. The van der Waals surface area contributed by atoms with E-state index in [2.05, 4.69) is 0 Å². The summed E-state index contributed by atoms with van der Waals surface area (Å²) >= 11 is 5.84. The Morgan fingerprint density at radius 1 is 1.23 bits per heavy atom. The Hall–Kier alpha value is -2.00. The maximum Gasteiger partial charge on any atom is 0.310 e. The number of halogens is 1. The molecule has 1 atom stereocenters. The van der Waals surface area contributed by atoms with Gasteiger partial charge in [-0.15, -0.1) is 0 Å². The van der Waals surface area contributed by atoms with Crippen molar-refractivity contribution in [1.82, 2.24) is 0 Å². The second kappa shape index (κ2) is 7.85. The van der Waals surface area contributed by atoms with Gasteiger partial charge in [-0.3, -0.25) is 4.79 Å². The van der Waals surface area contributed by atoms with E-state index in [1.807, 2.05) is 31.2 Å². The van der Waals surface area contributed by atoms with E-state index in [-0.39, 0.29) is 0 Å². The maximum absolute atomic E-state index is 11.4. The van der Waals surface area contributed by atoms with Gasteiger partial charge in [0.15, 0.2) is 0 Å². The molecule has 1 N–H and O–H groups in total. The SMILES string of the molecule is Cc1cccc(OCCCC(C(=O)O)c2ccc(Cl)cc2)c1. The summed E-state index contributed by atoms with van der Waals surface area (Å²) in [7, 11) is 0. The van der Waals surface area contributed by atoms with Gasteiger partial charge in [-0.25, -0.2) is 0 Å². The van der Waals surface area contributed by atoms with Crippen LogP contribution < -0.4 is 4.74 Å². The summed E-state index contributed by atoms with van der Waals surface area (Å²) in [5.41, 5.74) is 1.91. The van der Waals surface area contributed by atoms with Gasteiger partial charge in [-0.05, 0) is 55.2 Å². The number of aliphatic carboxylic acids is 1. The molecule has 0 saturated carbocycles. The number of carboxylic acids is 1. The first kappa shape index (κ1) is 16.4. The standard InChI is InChI=1S/C18H19ClO3/c1-13-4-2-5-16(12-13)22-11-3-6-17(18(20)21)14-7-9-15(19)10-8-14/h2,4-5,7-10,12,17H,3,6,11H2,1H3,(H,20,21). The van der Waals surface area contributed by atoms with Crippen LogP contribution in [-0.4, -0.2) is 17.7 Å². The van der Waals surface area contributed by atoms with Crippen molar-refractivity contribution in [3.63, 3.8) is 0 Å². The fraction of sp³-hybridized carbons (Fsp3) is 0.278. The van der Waals surface area contributed by atoms with E-state index in [1.54, 1.807) is 24.3 Å². The molecule has 4 heteroatoms. The zero-order valence-corrected chi connectivity index (χ0v) is 13.2. The van der Waals surface area contributed by atoms with Gasteiger partial charge in [-0.2, -0.15) is 0 Å². The van der Waals surface area contributed by atoms with Crippen molar-refractivity contribution in [2.24, 2.45) is 0 Å². The van der Waals surface area contributed by atoms with E-state index < -0.39 is 11.9 Å². The van der Waals surface area contributed by atoms with Gasteiger partial charge in [0, 0.05) is 5.02 Å². The lowest BCUT2D eigenvalue weighted by Gasteiger charge is -2.13. The Bertz CT molecular complexity index is 622. The van der Waals surface area contributed by atoms with Gasteiger partial charge in [-0.1, -0.05) is 35.9 Å². The second-order valence-electron chi connectivity index (χ2n) is 5.25. The van der Waals surface area contributed by atoms with Crippen molar-refractivity contribution in [2.75, 3.05) is 6.61 Å². The van der Waals surface area contributed by atoms with Crippen molar-refractivity contribution in [3.8, 4) is 5.75 Å². The molecule has 0 aliphatic rings. The number of hydrogen-bond donors (Lipinski definition) is 1. The minimum atomic E-state index is -0.821. The van der Waals surface area contributed by atoms with E-state index in [4.69, 9.17) is 16.3 Å². The second-order valence-corrected chi connectivity index (χ2v) is 5.69. The normalized spacial score (nSPS) is 11.9. The Morgan fingerprint density at radius 3 is 2.59 bits per heavy atom. The average molecular weight is 319 g/mol. The molecular formula is C18H19ClO3. The van der Waals surface area contributed by atoms with Gasteiger partial charge in [0.05, 0.1) is 12.5 Å². The van der Waals surface area contributed by atoms with Crippen LogP contribution in [0.1, 0.15) is 29.9 Å². The molecule has 2 rings (SSSR count). The summed E-state index contributed by atoms with van der Waals surface area (Å²) in [6.07, 6.45) is 1.20. The van der Waals surface area contributed by atoms with E-state index in [0.29, 0.717) is 24.5 Å². The van der Waals surface area contributed by atoms with Gasteiger partial charge in [0.25, 0.3) is 0 Å². The van der Waals surface area contributed by atoms with Crippen LogP contribution in [0.4, 0.5) is 0 Å². The quantitative estimate of drug-likeness (QED) is 0.754. The van der Waals surface area contributed by atoms with Crippen LogP contribution >= 0.6 is 11.6 Å². The molecule has 2 aromatic carbocycles. The number of rotatable bonds is 7. The van der Waals surface area contributed by atoms with Crippen LogP contribution in [-0.2, 0) is 4.79 Å². The third-order valence-electron chi connectivity index (χ3n) is 3.47. The molecule has 1 unspecified atom stereocenters. The molecule has 0 fully saturated rings. The van der Waals surface area contributed by atoms with Crippen molar-refractivity contribution in [2.45, 2.75) is 25.7 Å². The number of ether oxygens (including phenoxy) is 1. The first-order valence-electron chi connectivity index (χ1n) is 7.24. The summed E-state index contributed by atoms with van der Waals surface area (Å²) in [6.45, 7) is 2.51. The number of hydrogen-bond acceptors (Lipinski definition) is 2. The Labute approximate surface area is 135 Å². The maximum atomic E-state index is 11.4. The van der Waals surface area contributed by atoms with Crippen molar-refractivity contribution in [1.29, 1.82) is 0 Å². The minimum absolute atomic E-state index is 0.501. The Balaban J connectivity index is 1.87. The third-order valence-corrected chi connectivity index (χ3v) is 3.72. The van der Waals surface area contributed by atoms with Crippen molar-refractivity contribution >= 4 is 17.6 Å². The predicted molar refractivity (Wildman–Crippen MR) is 87.7 cm³/mol. The summed E-state index contributed by atoms with van der Waals surface area (Å²) in [5.74, 6) is -0.533. The van der Waals surface area contributed by atoms with Crippen LogP contribution in [0.2, 0.25) is 5.02 Å². The first-order valence-corrected chi connectivity index (χ1v) is 7.62. The fourth-order valence-electron chi connectivity index (χ4n) is 2.31. The molecule has 0 amide bonds. The lowest BCUT2D eigenvalue weighted by atomic mass is 9.94. The molecule has 0 spiro atoms. The average Bonchev–Trinajstić information content (AvgIpc) is 2.48. The number of carbonyl (C=O) groups is 1. The largest absolute Gasteiger partial charge is 0.494 e. The third kappa shape index (κ3) is 4.78. The van der Waals surface area contributed by atoms with Gasteiger partial charge >= 0.3 is 5.97 Å². The molecule has 116 valence electrons. The summed E-state index contributed by atoms with van der Waals surface area (Å²) < 4.78 is 5.66. The van der Waals surface area contributed by atoms with Crippen LogP contribution in [0.15, 0.2) is 48.5 Å². The highest BCUT2D eigenvalue weighted by Crippen LogP contribution is 2.23. The monoisotopic (exact) mass is 318 g/mol. The van der Waals surface area contributed by atoms with E-state index in [9.17, 15) is 9.90 Å². The van der Waals surface area contributed by atoms with Crippen LogP contribution in [0, 0.1) is 6.92 Å². The molecule has 0 saturated heterocycles. The summed E-state index contributed by atoms with van der Waals surface area (Å²) in [4.78, 5) is 11.4. The van der Waals surface area contributed by atoms with Gasteiger partial charge in [0.1, 0.15) is 5.75 Å². The summed E-state index contributed by atoms with van der Waals surface area (Å²) in [6, 6.07) is 14.8. The molecule has 0 radical (unpaired) electrons. The zero-order valence-electron chi connectivity index (χ0n) is 12.5. The van der Waals surface area contributed by atoms with Crippen LogP contribution in [0.3, 0.4) is 0 Å². The molecule has 0 bridgehead atoms. The number of aryl methyl sites for hydroxylation is 1. The van der Waals surface area contributed by atoms with Crippen LogP contribution in [0.25, 0.3) is 0 Å². The van der Waals surface area contributed by atoms with Gasteiger partial charge < -0.3 is 9.84 Å². The van der Waals surface area contributed by atoms with E-state index in [1.165, 1.54) is 0 Å². The van der Waals surface area contributed by atoms with Crippen LogP contribution in [0.5, 0.6) is 5.75 Å². The predicted octanol–water partition coefficient (Wildman–Crippen LogP) is 4.68. The molecule has 0 aliphatic carbocycles. The topological polar surface area (TPSA) is 46.5 Å².